The molecule has 140 valence electrons. The Labute approximate surface area is 164 Å². The number of alkyl halides is 3. The number of hydrogen-bond acceptors (Lipinski definition) is 2. The average Bonchev–Trinajstić information content (AvgIpc) is 2.61. The molecule has 8 heteroatoms. The first kappa shape index (κ1) is 19.6. The zero-order valence-corrected chi connectivity index (χ0v) is 16.9. The summed E-state index contributed by atoms with van der Waals surface area (Å²) in [6, 6.07) is 10.4. The maximum Gasteiger partial charge on any atom is 0.416 e. The minimum atomic E-state index is -4.58. The van der Waals surface area contributed by atoms with E-state index in [1.165, 1.54) is 10.4 Å². The van der Waals surface area contributed by atoms with Crippen molar-refractivity contribution < 1.29 is 21.6 Å². The summed E-state index contributed by atoms with van der Waals surface area (Å²) in [7, 11) is -4.02. The Morgan fingerprint density at radius 3 is 2.58 bits per heavy atom. The fraction of sp³-hybridized carbons (Fsp3) is 0.333. The molecule has 0 fully saturated rings. The van der Waals surface area contributed by atoms with Gasteiger partial charge in [-0.15, -0.1) is 0 Å². The molecule has 1 atom stereocenters. The number of sulfonamides is 1. The van der Waals surface area contributed by atoms with Gasteiger partial charge in [0, 0.05) is 16.7 Å². The molecule has 0 amide bonds. The molecule has 1 heterocycles. The van der Waals surface area contributed by atoms with E-state index in [1.807, 2.05) is 31.2 Å². The number of nitrogens with zero attached hydrogens (tertiary/aromatic N) is 1. The molecule has 2 aromatic rings. The Morgan fingerprint density at radius 1 is 1.19 bits per heavy atom. The minimum absolute atomic E-state index is 0.00514. The fourth-order valence-corrected chi connectivity index (χ4v) is 5.57. The van der Waals surface area contributed by atoms with Gasteiger partial charge in [-0.2, -0.15) is 17.5 Å². The van der Waals surface area contributed by atoms with Crippen molar-refractivity contribution in [1.29, 1.82) is 0 Å². The van der Waals surface area contributed by atoms with Crippen LogP contribution < -0.4 is 0 Å². The van der Waals surface area contributed by atoms with Crippen molar-refractivity contribution in [3.8, 4) is 0 Å². The van der Waals surface area contributed by atoms with Crippen LogP contribution in [0.1, 0.15) is 23.6 Å². The second-order valence-electron chi connectivity index (χ2n) is 6.56. The lowest BCUT2D eigenvalue weighted by molar-refractivity contribution is -0.137. The number of halogens is 4. The molecule has 26 heavy (non-hydrogen) atoms. The van der Waals surface area contributed by atoms with Gasteiger partial charge in [0.1, 0.15) is 0 Å². The Bertz CT molecular complexity index is 928. The molecule has 1 aliphatic rings. The van der Waals surface area contributed by atoms with Gasteiger partial charge in [-0.1, -0.05) is 25.1 Å². The van der Waals surface area contributed by atoms with Crippen LogP contribution >= 0.6 is 22.6 Å². The van der Waals surface area contributed by atoms with Crippen LogP contribution in [0.4, 0.5) is 13.2 Å². The monoisotopic (exact) mass is 495 g/mol. The molecule has 0 aromatic heterocycles. The van der Waals surface area contributed by atoms with Gasteiger partial charge in [-0.05, 0) is 70.3 Å². The van der Waals surface area contributed by atoms with Crippen LogP contribution in [0, 0.1) is 9.49 Å². The Balaban J connectivity index is 2.06. The third-order valence-corrected chi connectivity index (χ3v) is 6.91. The van der Waals surface area contributed by atoms with Crippen molar-refractivity contribution in [1.82, 2.24) is 4.31 Å². The number of fused-ring (bicyclic) bond motifs is 1. The van der Waals surface area contributed by atoms with Crippen molar-refractivity contribution in [3.05, 3.63) is 62.7 Å². The van der Waals surface area contributed by atoms with Crippen molar-refractivity contribution in [3.63, 3.8) is 0 Å². The van der Waals surface area contributed by atoms with Crippen LogP contribution in [0.5, 0.6) is 0 Å². The molecule has 0 radical (unpaired) electrons. The van der Waals surface area contributed by atoms with Gasteiger partial charge < -0.3 is 0 Å². The maximum absolute atomic E-state index is 13.1. The van der Waals surface area contributed by atoms with Crippen LogP contribution in [-0.2, 0) is 29.2 Å². The molecular weight excluding hydrogens is 478 g/mol. The topological polar surface area (TPSA) is 37.4 Å². The third kappa shape index (κ3) is 4.07. The van der Waals surface area contributed by atoms with Crippen molar-refractivity contribution in [2.75, 3.05) is 6.54 Å². The number of benzene rings is 2. The summed E-state index contributed by atoms with van der Waals surface area (Å²) in [6.45, 7) is 2.31. The van der Waals surface area contributed by atoms with Crippen LogP contribution in [0.15, 0.2) is 47.4 Å². The van der Waals surface area contributed by atoms with E-state index >= 15 is 0 Å². The Kier molecular flexibility index (Phi) is 5.38. The van der Waals surface area contributed by atoms with E-state index in [1.54, 1.807) is 0 Å². The summed E-state index contributed by atoms with van der Waals surface area (Å²) in [4.78, 5) is -0.234. The second-order valence-corrected chi connectivity index (χ2v) is 9.71. The molecule has 0 spiro atoms. The molecule has 1 aliphatic heterocycles. The second kappa shape index (κ2) is 7.12. The van der Waals surface area contributed by atoms with Gasteiger partial charge >= 0.3 is 6.18 Å². The van der Waals surface area contributed by atoms with Crippen molar-refractivity contribution >= 4 is 32.6 Å². The maximum atomic E-state index is 13.1. The van der Waals surface area contributed by atoms with Crippen LogP contribution in [-0.4, -0.2) is 19.3 Å². The lowest BCUT2D eigenvalue weighted by atomic mass is 10.00. The molecule has 0 N–H and O–H groups in total. The van der Waals surface area contributed by atoms with Crippen LogP contribution in [0.25, 0.3) is 0 Å². The van der Waals surface area contributed by atoms with E-state index in [0.29, 0.717) is 12.0 Å². The van der Waals surface area contributed by atoms with E-state index < -0.39 is 21.8 Å². The van der Waals surface area contributed by atoms with Crippen molar-refractivity contribution in [2.45, 2.75) is 31.0 Å². The van der Waals surface area contributed by atoms with Crippen LogP contribution in [0.2, 0.25) is 0 Å². The summed E-state index contributed by atoms with van der Waals surface area (Å²) < 4.78 is 67.7. The normalized spacial score (nSPS) is 20.4. The predicted molar refractivity (Wildman–Crippen MR) is 101 cm³/mol. The van der Waals surface area contributed by atoms with Gasteiger partial charge in [0.25, 0.3) is 0 Å². The molecule has 0 unspecified atom stereocenters. The molecule has 0 bridgehead atoms. The van der Waals surface area contributed by atoms with Crippen molar-refractivity contribution in [2.24, 2.45) is 5.92 Å². The molecule has 0 saturated heterocycles. The minimum Gasteiger partial charge on any atom is -0.207 e. The summed E-state index contributed by atoms with van der Waals surface area (Å²) in [5.41, 5.74) is 0.308. The molecule has 0 saturated carbocycles. The summed E-state index contributed by atoms with van der Waals surface area (Å²) in [5, 5.41) is 0. The summed E-state index contributed by atoms with van der Waals surface area (Å²) in [6.07, 6.45) is -4.15. The quantitative estimate of drug-likeness (QED) is 0.567. The Hall–Kier alpha value is -1.13. The highest BCUT2D eigenvalue weighted by Gasteiger charge is 2.36. The number of rotatable bonds is 2. The van der Waals surface area contributed by atoms with E-state index in [4.69, 9.17) is 0 Å². The summed E-state index contributed by atoms with van der Waals surface area (Å²) >= 11 is 2.14. The number of hydrogen-bond donors (Lipinski definition) is 0. The zero-order valence-electron chi connectivity index (χ0n) is 13.9. The molecule has 3 rings (SSSR count). The van der Waals surface area contributed by atoms with E-state index in [9.17, 15) is 21.6 Å². The fourth-order valence-electron chi connectivity index (χ4n) is 3.15. The first-order valence-corrected chi connectivity index (χ1v) is 10.5. The van der Waals surface area contributed by atoms with Gasteiger partial charge in [0.05, 0.1) is 10.5 Å². The SMILES string of the molecule is C[C@H]1Cc2ccc(C(F)(F)F)cc2S(=O)(=O)N(Cc2cccc(I)c2)C1. The largest absolute Gasteiger partial charge is 0.416 e. The molecule has 0 aliphatic carbocycles. The first-order valence-electron chi connectivity index (χ1n) is 8.02. The molecule has 3 nitrogen and oxygen atoms in total. The van der Waals surface area contributed by atoms with E-state index in [0.717, 1.165) is 21.3 Å². The lowest BCUT2D eigenvalue weighted by Crippen LogP contribution is -2.33. The van der Waals surface area contributed by atoms with E-state index in [-0.39, 0.29) is 23.9 Å². The standard InChI is InChI=1S/C18H17F3INO2S/c1-12-7-14-5-6-15(18(19,20)21)9-17(14)26(24,25)23(10-12)11-13-3-2-4-16(22)8-13/h2-6,8-9,12H,7,10-11H2,1H3/t12-/m0/s1. The average molecular weight is 495 g/mol. The summed E-state index contributed by atoms with van der Waals surface area (Å²) in [5.74, 6) is 0.00514. The highest BCUT2D eigenvalue weighted by Crippen LogP contribution is 2.35. The van der Waals surface area contributed by atoms with Gasteiger partial charge in [0.15, 0.2) is 0 Å². The van der Waals surface area contributed by atoms with Crippen LogP contribution in [0.3, 0.4) is 0 Å². The van der Waals surface area contributed by atoms with Gasteiger partial charge in [-0.25, -0.2) is 8.42 Å². The highest BCUT2D eigenvalue weighted by molar-refractivity contribution is 14.1. The first-order chi connectivity index (χ1) is 12.1. The Morgan fingerprint density at radius 2 is 1.92 bits per heavy atom. The zero-order chi connectivity index (χ0) is 19.1. The molecular formula is C18H17F3INO2S. The van der Waals surface area contributed by atoms with Gasteiger partial charge in [0.2, 0.25) is 10.0 Å². The lowest BCUT2D eigenvalue weighted by Gasteiger charge is -2.22. The third-order valence-electron chi connectivity index (χ3n) is 4.34. The van der Waals surface area contributed by atoms with E-state index in [2.05, 4.69) is 22.6 Å². The molecule has 2 aromatic carbocycles. The smallest absolute Gasteiger partial charge is 0.207 e. The predicted octanol–water partition coefficient (Wildman–Crippen LogP) is 4.69. The van der Waals surface area contributed by atoms with Gasteiger partial charge in [-0.3, -0.25) is 0 Å². The highest BCUT2D eigenvalue weighted by atomic mass is 127.